The van der Waals surface area contributed by atoms with E-state index in [2.05, 4.69) is 30.6 Å². The van der Waals surface area contributed by atoms with Crippen LogP contribution in [0.1, 0.15) is 0 Å². The normalized spacial score (nSPS) is 10.3. The first-order chi connectivity index (χ1) is 22.3. The van der Waals surface area contributed by atoms with Gasteiger partial charge < -0.3 is 25.0 Å². The van der Waals surface area contributed by atoms with Crippen LogP contribution in [0, 0.1) is 17.5 Å². The summed E-state index contributed by atoms with van der Waals surface area (Å²) in [5.74, 6) is 1.81. The van der Waals surface area contributed by atoms with Crippen LogP contribution in [0.3, 0.4) is 0 Å². The third-order valence-electron chi connectivity index (χ3n) is 6.04. The van der Waals surface area contributed by atoms with Crippen molar-refractivity contribution in [1.82, 2.24) is 19.9 Å². The van der Waals surface area contributed by atoms with Crippen molar-refractivity contribution in [3.63, 3.8) is 0 Å². The molecule has 0 aliphatic rings. The molecule has 46 heavy (non-hydrogen) atoms. The highest BCUT2D eigenvalue weighted by Gasteiger charge is 2.05. The van der Waals surface area contributed by atoms with Gasteiger partial charge in [0.1, 0.15) is 29.0 Å². The van der Waals surface area contributed by atoms with Crippen molar-refractivity contribution in [3.05, 3.63) is 139 Å². The van der Waals surface area contributed by atoms with Gasteiger partial charge in [0.15, 0.2) is 11.5 Å². The number of hydrogen-bond donors (Lipinski definition) is 2. The molecule has 9 nitrogen and oxygen atoms in total. The van der Waals surface area contributed by atoms with E-state index in [-0.39, 0.29) is 17.5 Å². The van der Waals surface area contributed by atoms with Crippen molar-refractivity contribution < 1.29 is 22.6 Å². The predicted molar refractivity (Wildman–Crippen MR) is 171 cm³/mol. The molecule has 2 aromatic heterocycles. The van der Waals surface area contributed by atoms with Gasteiger partial charge in [-0.1, -0.05) is 18.2 Å². The Morgan fingerprint density at radius 1 is 0.500 bits per heavy atom. The number of aromatic nitrogens is 4. The van der Waals surface area contributed by atoms with E-state index < -0.39 is 0 Å². The Balaban J connectivity index is 0.000000182. The number of halogens is 3. The molecule has 0 fully saturated rings. The van der Waals surface area contributed by atoms with Crippen molar-refractivity contribution in [3.8, 4) is 23.0 Å². The minimum atomic E-state index is -0.346. The maximum atomic E-state index is 13.2. The standard InChI is InChI=1S/C18H17FN4O.C16H11F2N3O/c1-23(2)15-7-4-8-16(10-15)24-17-11-20-18(21-12-17)22-14-6-3-5-13(19)9-14;17-11-4-6-14(7-5-11)22-15-9-19-16(20-10-15)21-13-3-1-2-12(18)8-13/h3-12H,1-2H3,(H,20,21,22);1-10H,(H,19,20,21). The summed E-state index contributed by atoms with van der Waals surface area (Å²) in [7, 11) is 3.93. The third-order valence-corrected chi connectivity index (χ3v) is 6.04. The van der Waals surface area contributed by atoms with Crippen molar-refractivity contribution in [2.24, 2.45) is 0 Å². The minimum absolute atomic E-state index is 0.317. The fourth-order valence-corrected chi connectivity index (χ4v) is 3.86. The largest absolute Gasteiger partial charge is 0.454 e. The van der Waals surface area contributed by atoms with Crippen LogP contribution >= 0.6 is 0 Å². The number of benzene rings is 4. The van der Waals surface area contributed by atoms with Gasteiger partial charge in [0.25, 0.3) is 0 Å². The Hall–Kier alpha value is -6.17. The fraction of sp³-hybridized carbons (Fsp3) is 0.0588. The van der Waals surface area contributed by atoms with Gasteiger partial charge in [-0.05, 0) is 72.8 Å². The molecule has 6 aromatic rings. The van der Waals surface area contributed by atoms with Crippen molar-refractivity contribution in [1.29, 1.82) is 0 Å². The van der Waals surface area contributed by atoms with E-state index in [1.165, 1.54) is 60.9 Å². The van der Waals surface area contributed by atoms with E-state index >= 15 is 0 Å². The molecule has 6 rings (SSSR count). The van der Waals surface area contributed by atoms with Gasteiger partial charge in [-0.2, -0.15) is 0 Å². The monoisotopic (exact) mass is 623 g/mol. The fourth-order valence-electron chi connectivity index (χ4n) is 3.86. The molecule has 0 saturated carbocycles. The summed E-state index contributed by atoms with van der Waals surface area (Å²) in [6, 6.07) is 25.4. The molecule has 0 saturated heterocycles. The molecule has 0 atom stereocenters. The number of ether oxygens (including phenoxy) is 2. The van der Waals surface area contributed by atoms with Crippen LogP contribution in [0.2, 0.25) is 0 Å². The smallest absolute Gasteiger partial charge is 0.227 e. The zero-order chi connectivity index (χ0) is 32.3. The number of nitrogens with one attached hydrogen (secondary N) is 2. The zero-order valence-electron chi connectivity index (χ0n) is 24.7. The van der Waals surface area contributed by atoms with Gasteiger partial charge in [0.05, 0.1) is 24.8 Å². The second-order valence-electron chi connectivity index (χ2n) is 9.81. The minimum Gasteiger partial charge on any atom is -0.454 e. The molecule has 4 aromatic carbocycles. The van der Waals surface area contributed by atoms with Crippen molar-refractivity contribution in [2.45, 2.75) is 0 Å². The maximum absolute atomic E-state index is 13.2. The Bertz CT molecular complexity index is 1860. The second kappa shape index (κ2) is 15.0. The second-order valence-corrected chi connectivity index (χ2v) is 9.81. The Morgan fingerprint density at radius 2 is 0.978 bits per heavy atom. The summed E-state index contributed by atoms with van der Waals surface area (Å²) in [6.45, 7) is 0. The highest BCUT2D eigenvalue weighted by atomic mass is 19.1. The van der Waals surface area contributed by atoms with Crippen LogP contribution in [-0.4, -0.2) is 34.0 Å². The SMILES string of the molecule is CN(C)c1cccc(Oc2cnc(Nc3cccc(F)c3)nc2)c1.Fc1ccc(Oc2cnc(Nc3cccc(F)c3)nc2)cc1. The summed E-state index contributed by atoms with van der Waals surface area (Å²) in [5, 5.41) is 5.81. The molecule has 0 aliphatic carbocycles. The molecule has 12 heteroatoms. The van der Waals surface area contributed by atoms with Crippen molar-refractivity contribution >= 4 is 29.0 Å². The highest BCUT2D eigenvalue weighted by Crippen LogP contribution is 2.25. The average molecular weight is 624 g/mol. The topological polar surface area (TPSA) is 97.3 Å². The van der Waals surface area contributed by atoms with Crippen LogP contribution in [0.15, 0.2) is 122 Å². The Kier molecular flexibility index (Phi) is 10.2. The number of anilines is 5. The summed E-state index contributed by atoms with van der Waals surface area (Å²) in [5.41, 5.74) is 2.17. The van der Waals surface area contributed by atoms with Crippen LogP contribution in [0.25, 0.3) is 0 Å². The number of hydrogen-bond acceptors (Lipinski definition) is 9. The maximum Gasteiger partial charge on any atom is 0.227 e. The molecule has 0 radical (unpaired) electrons. The van der Waals surface area contributed by atoms with Gasteiger partial charge in [-0.15, -0.1) is 0 Å². The summed E-state index contributed by atoms with van der Waals surface area (Å²) in [4.78, 5) is 18.5. The average Bonchev–Trinajstić information content (AvgIpc) is 3.05. The molecule has 0 spiro atoms. The van der Waals surface area contributed by atoms with E-state index in [4.69, 9.17) is 9.47 Å². The van der Waals surface area contributed by atoms with Crippen LogP contribution in [0.4, 0.5) is 42.1 Å². The summed E-state index contributed by atoms with van der Waals surface area (Å²) < 4.78 is 50.3. The Labute approximate surface area is 263 Å². The molecule has 0 unspecified atom stereocenters. The van der Waals surface area contributed by atoms with Gasteiger partial charge in [-0.3, -0.25) is 0 Å². The van der Waals surface area contributed by atoms with Gasteiger partial charge >= 0.3 is 0 Å². The van der Waals surface area contributed by atoms with Crippen LogP contribution in [-0.2, 0) is 0 Å². The number of rotatable bonds is 9. The summed E-state index contributed by atoms with van der Waals surface area (Å²) >= 11 is 0. The molecule has 0 bridgehead atoms. The van der Waals surface area contributed by atoms with E-state index in [1.807, 2.05) is 43.3 Å². The predicted octanol–water partition coefficient (Wildman–Crippen LogP) is 8.51. The molecule has 0 aliphatic heterocycles. The first-order valence-corrected chi connectivity index (χ1v) is 13.9. The third kappa shape index (κ3) is 9.41. The first-order valence-electron chi connectivity index (χ1n) is 13.9. The van der Waals surface area contributed by atoms with E-state index in [1.54, 1.807) is 36.7 Å². The van der Waals surface area contributed by atoms with Gasteiger partial charge in [0.2, 0.25) is 11.9 Å². The molecule has 2 heterocycles. The molecule has 0 amide bonds. The molecular formula is C34H28F3N7O2. The van der Waals surface area contributed by atoms with Crippen LogP contribution < -0.4 is 25.0 Å². The molecule has 232 valence electrons. The molecule has 2 N–H and O–H groups in total. The zero-order valence-corrected chi connectivity index (χ0v) is 24.7. The van der Waals surface area contributed by atoms with E-state index in [0.29, 0.717) is 46.3 Å². The van der Waals surface area contributed by atoms with Gasteiger partial charge in [-0.25, -0.2) is 33.1 Å². The van der Waals surface area contributed by atoms with E-state index in [0.717, 1.165) is 5.69 Å². The number of nitrogens with zero attached hydrogens (tertiary/aromatic N) is 5. The lowest BCUT2D eigenvalue weighted by atomic mass is 10.3. The van der Waals surface area contributed by atoms with Gasteiger partial charge in [0, 0.05) is 37.2 Å². The summed E-state index contributed by atoms with van der Waals surface area (Å²) in [6.07, 6.45) is 6.07. The van der Waals surface area contributed by atoms with E-state index in [9.17, 15) is 13.2 Å². The van der Waals surface area contributed by atoms with Crippen molar-refractivity contribution in [2.75, 3.05) is 29.6 Å². The van der Waals surface area contributed by atoms with Crippen LogP contribution in [0.5, 0.6) is 23.0 Å². The lowest BCUT2D eigenvalue weighted by Gasteiger charge is -2.13. The lowest BCUT2D eigenvalue weighted by molar-refractivity contribution is 0.476. The Morgan fingerprint density at radius 3 is 1.46 bits per heavy atom. The lowest BCUT2D eigenvalue weighted by Crippen LogP contribution is -2.08. The molecular weight excluding hydrogens is 595 g/mol. The quantitative estimate of drug-likeness (QED) is 0.164. The highest BCUT2D eigenvalue weighted by molar-refractivity contribution is 5.54. The first kappa shape index (κ1) is 31.3.